The van der Waals surface area contributed by atoms with Gasteiger partial charge in [-0.3, -0.25) is 0 Å². The second-order valence-corrected chi connectivity index (χ2v) is 10.3. The Bertz CT molecular complexity index is 1610. The van der Waals surface area contributed by atoms with Crippen molar-refractivity contribution < 1.29 is 59.7 Å². The SMILES string of the molecule is COc1cc(OC)c(-c2ccc(OCc3ccccc3)c3c(OC)cc(C)cc23)c([C@@H]2OC(C)(C)O[C@H]2C)c1.[C-]#[O+].[C-]#[O+].[C-]#[O+].[Cr]. The molecule has 0 bridgehead atoms. The predicted molar refractivity (Wildman–Crippen MR) is 165 cm³/mol. The van der Waals surface area contributed by atoms with Crippen LogP contribution in [0.3, 0.4) is 0 Å². The molecule has 4 aromatic carbocycles. The van der Waals surface area contributed by atoms with E-state index in [4.69, 9.17) is 42.4 Å². The molecule has 0 spiro atoms. The Morgan fingerprint density at radius 3 is 1.93 bits per heavy atom. The maximum Gasteiger partial charge on any atom is 0 e. The van der Waals surface area contributed by atoms with E-state index < -0.39 is 5.79 Å². The number of hydrogen-bond acceptors (Lipinski definition) is 6. The van der Waals surface area contributed by atoms with Gasteiger partial charge in [-0.25, -0.2) is 0 Å². The Hall–Kier alpha value is -3.99. The topological polar surface area (TPSA) is 115 Å². The van der Waals surface area contributed by atoms with Crippen LogP contribution in [0.15, 0.2) is 66.7 Å². The third-order valence-electron chi connectivity index (χ3n) is 7.09. The number of benzene rings is 4. The molecule has 1 saturated heterocycles. The van der Waals surface area contributed by atoms with Crippen LogP contribution in [0.25, 0.3) is 21.9 Å². The van der Waals surface area contributed by atoms with Crippen LogP contribution in [0.2, 0.25) is 0 Å². The van der Waals surface area contributed by atoms with E-state index in [-0.39, 0.29) is 29.6 Å². The Morgan fingerprint density at radius 1 is 0.761 bits per heavy atom. The summed E-state index contributed by atoms with van der Waals surface area (Å²) in [5.74, 6) is 2.16. The Morgan fingerprint density at radius 2 is 1.39 bits per heavy atom. The summed E-state index contributed by atoms with van der Waals surface area (Å²) in [6.07, 6.45) is -0.499. The van der Waals surface area contributed by atoms with Gasteiger partial charge in [-0.15, -0.1) is 0 Å². The molecule has 46 heavy (non-hydrogen) atoms. The molecule has 9 nitrogen and oxygen atoms in total. The van der Waals surface area contributed by atoms with Gasteiger partial charge < -0.3 is 28.4 Å². The van der Waals surface area contributed by atoms with Crippen LogP contribution < -0.4 is 18.9 Å². The van der Waals surface area contributed by atoms with Crippen molar-refractivity contribution in [2.45, 2.75) is 52.3 Å². The molecular weight excluding hydrogens is 628 g/mol. The first kappa shape index (κ1) is 40.0. The first-order chi connectivity index (χ1) is 21.7. The summed E-state index contributed by atoms with van der Waals surface area (Å²) in [5.41, 5.74) is 5.00. The fourth-order valence-electron chi connectivity index (χ4n) is 5.44. The summed E-state index contributed by atoms with van der Waals surface area (Å²) >= 11 is 0. The number of hydrogen-bond donors (Lipinski definition) is 0. The first-order valence-corrected chi connectivity index (χ1v) is 13.8. The molecule has 1 aliphatic heterocycles. The van der Waals surface area contributed by atoms with Gasteiger partial charge in [0, 0.05) is 29.0 Å². The van der Waals surface area contributed by atoms with Crippen molar-refractivity contribution >= 4 is 10.8 Å². The average molecular weight is 665 g/mol. The molecule has 0 saturated carbocycles. The van der Waals surface area contributed by atoms with Gasteiger partial charge in [0.1, 0.15) is 35.7 Å². The second-order valence-electron chi connectivity index (χ2n) is 10.3. The van der Waals surface area contributed by atoms with Crippen molar-refractivity contribution in [3.63, 3.8) is 0 Å². The van der Waals surface area contributed by atoms with Gasteiger partial charge in [0.15, 0.2) is 5.79 Å². The number of methoxy groups -OCH3 is 3. The van der Waals surface area contributed by atoms with E-state index in [0.717, 1.165) is 50.1 Å². The van der Waals surface area contributed by atoms with Crippen LogP contribution in [0.5, 0.6) is 23.0 Å². The standard InChI is InChI=1S/C33H36O6.3CO.Cr/c1-20-15-25-24(13-14-27(31(25)28(16-20)35-6)37-19-22-11-9-8-10-12-22)30-26(17-23(34-5)18-29(30)36-7)32-21(2)38-33(3,4)39-32;3*1-2;/h8-18,21,32H,19H2,1-7H3;;;;/t21-,32+;;;;/m0..../s1. The summed E-state index contributed by atoms with van der Waals surface area (Å²) in [6.45, 7) is 21.9. The number of rotatable bonds is 8. The quantitative estimate of drug-likeness (QED) is 0.142. The van der Waals surface area contributed by atoms with Gasteiger partial charge in [-0.1, -0.05) is 36.4 Å². The normalized spacial score (nSPS) is 15.6. The zero-order valence-corrected chi connectivity index (χ0v) is 28.1. The maximum absolute atomic E-state index is 7.50. The van der Waals surface area contributed by atoms with Gasteiger partial charge in [0.25, 0.3) is 0 Å². The molecule has 0 aromatic heterocycles. The number of aryl methyl sites for hydroxylation is 1. The summed E-state index contributed by atoms with van der Waals surface area (Å²) in [4.78, 5) is 0. The van der Waals surface area contributed by atoms with E-state index in [9.17, 15) is 0 Å². The Labute approximate surface area is 281 Å². The predicted octanol–water partition coefficient (Wildman–Crippen LogP) is 7.52. The molecule has 2 atom stereocenters. The average Bonchev–Trinajstić information content (AvgIpc) is 3.37. The molecule has 1 fully saturated rings. The molecule has 1 heterocycles. The van der Waals surface area contributed by atoms with Gasteiger partial charge >= 0.3 is 33.9 Å². The minimum Gasteiger partial charge on any atom is 0 e. The van der Waals surface area contributed by atoms with Gasteiger partial charge in [0.05, 0.1) is 32.8 Å². The Kier molecular flexibility index (Phi) is 16.4. The van der Waals surface area contributed by atoms with E-state index in [1.54, 1.807) is 21.3 Å². The molecule has 0 unspecified atom stereocenters. The van der Waals surface area contributed by atoms with E-state index >= 15 is 0 Å². The number of ether oxygens (including phenoxy) is 6. The molecule has 1 aliphatic rings. The monoisotopic (exact) mass is 664 g/mol. The summed E-state index contributed by atoms with van der Waals surface area (Å²) in [7, 11) is 5.02. The third kappa shape index (κ3) is 9.05. The van der Waals surface area contributed by atoms with Crippen molar-refractivity contribution in [3.05, 3.63) is 103 Å². The molecular formula is C36H36CrO9. The van der Waals surface area contributed by atoms with Gasteiger partial charge in [0.2, 0.25) is 0 Å². The van der Waals surface area contributed by atoms with Crippen LogP contribution in [-0.2, 0) is 47.4 Å². The molecule has 0 aliphatic carbocycles. The maximum atomic E-state index is 7.50. The number of fused-ring (bicyclic) bond motifs is 1. The van der Waals surface area contributed by atoms with Crippen LogP contribution in [-0.4, -0.2) is 33.2 Å². The minimum atomic E-state index is -0.714. The van der Waals surface area contributed by atoms with Crippen LogP contribution in [0.1, 0.15) is 43.6 Å². The molecule has 4 aromatic rings. The fraction of sp³-hybridized carbons (Fsp3) is 0.306. The van der Waals surface area contributed by atoms with E-state index in [2.05, 4.69) is 51.1 Å². The summed E-state index contributed by atoms with van der Waals surface area (Å²) in [5, 5.41) is 1.89. The summed E-state index contributed by atoms with van der Waals surface area (Å²) < 4.78 is 58.9. The third-order valence-corrected chi connectivity index (χ3v) is 7.09. The first-order valence-electron chi connectivity index (χ1n) is 13.8. The van der Waals surface area contributed by atoms with Crippen LogP contribution in [0.4, 0.5) is 0 Å². The van der Waals surface area contributed by atoms with Gasteiger partial charge in [-0.05, 0) is 79.6 Å². The van der Waals surface area contributed by atoms with E-state index in [0.29, 0.717) is 18.1 Å². The van der Waals surface area contributed by atoms with E-state index in [1.807, 2.05) is 63.2 Å². The van der Waals surface area contributed by atoms with Crippen molar-refractivity contribution in [2.75, 3.05) is 21.3 Å². The van der Waals surface area contributed by atoms with E-state index in [1.165, 1.54) is 0 Å². The minimum absolute atomic E-state index is 0. The second kappa shape index (κ2) is 18.9. The van der Waals surface area contributed by atoms with Crippen molar-refractivity contribution in [1.29, 1.82) is 0 Å². The van der Waals surface area contributed by atoms with Crippen LogP contribution >= 0.6 is 0 Å². The summed E-state index contributed by atoms with van der Waals surface area (Å²) in [6, 6.07) is 22.3. The zero-order chi connectivity index (χ0) is 33.7. The Balaban J connectivity index is 0.00000143. The van der Waals surface area contributed by atoms with Gasteiger partial charge in [-0.2, -0.15) is 0 Å². The molecule has 240 valence electrons. The van der Waals surface area contributed by atoms with Crippen LogP contribution in [0, 0.1) is 26.9 Å². The molecule has 0 N–H and O–H groups in total. The molecule has 10 heteroatoms. The smallest absolute Gasteiger partial charge is 0 e. The molecule has 5 rings (SSSR count). The zero-order valence-electron chi connectivity index (χ0n) is 26.8. The molecule has 0 amide bonds. The molecule has 0 radical (unpaired) electrons. The van der Waals surface area contributed by atoms with Crippen molar-refractivity contribution in [3.8, 4) is 34.1 Å². The fourth-order valence-corrected chi connectivity index (χ4v) is 5.44. The van der Waals surface area contributed by atoms with Crippen molar-refractivity contribution in [2.24, 2.45) is 0 Å². The van der Waals surface area contributed by atoms with Crippen molar-refractivity contribution in [1.82, 2.24) is 0 Å². The largest absolute Gasteiger partial charge is 0 e.